The van der Waals surface area contributed by atoms with E-state index in [4.69, 9.17) is 5.10 Å². The molecule has 1 amide bonds. The number of nitrogens with one attached hydrogen (secondary N) is 2. The van der Waals surface area contributed by atoms with Gasteiger partial charge < -0.3 is 20.3 Å². The van der Waals surface area contributed by atoms with Gasteiger partial charge in [0.25, 0.3) is 5.56 Å². The number of carbonyl (C=O) groups is 1. The second-order valence-electron chi connectivity index (χ2n) is 7.71. The number of amides is 1. The van der Waals surface area contributed by atoms with Crippen molar-refractivity contribution in [1.29, 1.82) is 0 Å². The number of aromatic nitrogens is 3. The number of hydrogen-bond acceptors (Lipinski definition) is 5. The van der Waals surface area contributed by atoms with Crippen molar-refractivity contribution in [1.82, 2.24) is 19.9 Å². The molecule has 3 aromatic rings. The van der Waals surface area contributed by atoms with Gasteiger partial charge in [-0.05, 0) is 44.5 Å². The maximum absolute atomic E-state index is 12.5. The van der Waals surface area contributed by atoms with Gasteiger partial charge in [0.2, 0.25) is 5.91 Å². The van der Waals surface area contributed by atoms with Crippen LogP contribution in [-0.2, 0) is 4.79 Å². The van der Waals surface area contributed by atoms with Crippen molar-refractivity contribution in [2.24, 2.45) is 0 Å². The predicted octanol–water partition coefficient (Wildman–Crippen LogP) is 1.13. The van der Waals surface area contributed by atoms with E-state index in [1.54, 1.807) is 11.0 Å². The van der Waals surface area contributed by atoms with Gasteiger partial charge in [-0.3, -0.25) is 9.59 Å². The molecule has 2 saturated heterocycles. The summed E-state index contributed by atoms with van der Waals surface area (Å²) < 4.78 is 1.84. The molecule has 4 heterocycles. The Morgan fingerprint density at radius 1 is 1.14 bits per heavy atom. The van der Waals surface area contributed by atoms with Crippen LogP contribution in [-0.4, -0.2) is 51.4 Å². The molecule has 2 aliphatic rings. The van der Waals surface area contributed by atoms with Gasteiger partial charge in [0, 0.05) is 18.5 Å². The topological polar surface area (TPSA) is 103 Å². The first kappa shape index (κ1) is 17.4. The van der Waals surface area contributed by atoms with E-state index in [1.165, 1.54) is 0 Å². The summed E-state index contributed by atoms with van der Waals surface area (Å²) in [6, 6.07) is 7.32. The molecular formula is C20H23N5O3. The molecule has 0 radical (unpaired) electrons. The van der Waals surface area contributed by atoms with E-state index in [0.717, 1.165) is 48.2 Å². The molecule has 8 nitrogen and oxygen atoms in total. The summed E-state index contributed by atoms with van der Waals surface area (Å²) in [4.78, 5) is 29.6. The van der Waals surface area contributed by atoms with Crippen LogP contribution in [0.5, 0.6) is 0 Å². The van der Waals surface area contributed by atoms with E-state index in [2.05, 4.69) is 10.3 Å². The van der Waals surface area contributed by atoms with E-state index < -0.39 is 6.10 Å². The first-order valence-corrected chi connectivity index (χ1v) is 9.85. The molecule has 0 bridgehead atoms. The summed E-state index contributed by atoms with van der Waals surface area (Å²) in [6.45, 7) is 2.31. The van der Waals surface area contributed by atoms with Gasteiger partial charge in [-0.25, -0.2) is 4.52 Å². The Morgan fingerprint density at radius 2 is 1.96 bits per heavy atom. The summed E-state index contributed by atoms with van der Waals surface area (Å²) in [6.07, 6.45) is 2.00. The number of anilines is 1. The summed E-state index contributed by atoms with van der Waals surface area (Å²) in [5, 5.41) is 18.7. The van der Waals surface area contributed by atoms with Crippen molar-refractivity contribution in [3.8, 4) is 0 Å². The molecule has 2 aromatic heterocycles. The average molecular weight is 381 g/mol. The highest BCUT2D eigenvalue weighted by molar-refractivity contribution is 6.08. The Balaban J connectivity index is 1.72. The van der Waals surface area contributed by atoms with Crippen molar-refractivity contribution in [2.75, 3.05) is 24.5 Å². The van der Waals surface area contributed by atoms with Crippen LogP contribution >= 0.6 is 0 Å². The van der Waals surface area contributed by atoms with Crippen LogP contribution in [0.15, 0.2) is 29.1 Å². The van der Waals surface area contributed by atoms with Crippen LogP contribution in [0.2, 0.25) is 0 Å². The molecule has 0 unspecified atom stereocenters. The third-order valence-electron chi connectivity index (χ3n) is 5.89. The molecule has 146 valence electrons. The highest BCUT2D eigenvalue weighted by Crippen LogP contribution is 2.33. The number of aliphatic hydroxyl groups is 1. The van der Waals surface area contributed by atoms with Crippen molar-refractivity contribution < 1.29 is 9.90 Å². The molecule has 8 heteroatoms. The number of rotatable bonds is 2. The monoisotopic (exact) mass is 381 g/mol. The Bertz CT molecular complexity index is 1110. The maximum Gasteiger partial charge on any atom is 0.251 e. The molecule has 3 N–H and O–H groups in total. The van der Waals surface area contributed by atoms with Gasteiger partial charge in [0.15, 0.2) is 0 Å². The van der Waals surface area contributed by atoms with E-state index in [1.807, 2.05) is 22.7 Å². The van der Waals surface area contributed by atoms with E-state index >= 15 is 0 Å². The molecule has 0 saturated carbocycles. The zero-order valence-electron chi connectivity index (χ0n) is 15.5. The van der Waals surface area contributed by atoms with E-state index in [9.17, 15) is 14.7 Å². The number of aliphatic hydroxyl groups excluding tert-OH is 1. The lowest BCUT2D eigenvalue weighted by atomic mass is 9.94. The number of fused-ring (bicyclic) bond motifs is 3. The lowest BCUT2D eigenvalue weighted by Crippen LogP contribution is -2.40. The fourth-order valence-electron chi connectivity index (χ4n) is 4.47. The van der Waals surface area contributed by atoms with Gasteiger partial charge in [0.1, 0.15) is 5.65 Å². The molecule has 0 spiro atoms. The lowest BCUT2D eigenvalue weighted by molar-refractivity contribution is -0.122. The van der Waals surface area contributed by atoms with Crippen molar-refractivity contribution in [3.63, 3.8) is 0 Å². The third-order valence-corrected chi connectivity index (χ3v) is 5.89. The van der Waals surface area contributed by atoms with E-state index in [-0.39, 0.29) is 23.8 Å². The number of hydrogen-bond donors (Lipinski definition) is 3. The van der Waals surface area contributed by atoms with Gasteiger partial charge in [-0.15, -0.1) is 0 Å². The van der Waals surface area contributed by atoms with Crippen LogP contribution in [0.1, 0.15) is 37.3 Å². The number of H-pyrrole nitrogens is 1. The zero-order valence-corrected chi connectivity index (χ0v) is 15.5. The Morgan fingerprint density at radius 3 is 2.75 bits per heavy atom. The zero-order chi connectivity index (χ0) is 19.3. The predicted molar refractivity (Wildman–Crippen MR) is 106 cm³/mol. The first-order chi connectivity index (χ1) is 13.6. The number of carbonyl (C=O) groups excluding carboxylic acids is 1. The SMILES string of the molecule is O=C1C[C@@H](O)CCN1c1cccc2nn3c(C4CCNCC4)cc(=O)[nH]c3c12. The number of piperidine rings is 2. The van der Waals surface area contributed by atoms with Gasteiger partial charge in [0.05, 0.1) is 34.8 Å². The van der Waals surface area contributed by atoms with Gasteiger partial charge in [-0.1, -0.05) is 6.07 Å². The van der Waals surface area contributed by atoms with Gasteiger partial charge >= 0.3 is 0 Å². The molecule has 1 atom stereocenters. The average Bonchev–Trinajstić information content (AvgIpc) is 3.07. The Kier molecular flexibility index (Phi) is 4.17. The quantitative estimate of drug-likeness (QED) is 0.618. The third kappa shape index (κ3) is 2.80. The Labute approximate surface area is 161 Å². The minimum absolute atomic E-state index is 0.109. The van der Waals surface area contributed by atoms with Crippen LogP contribution < -0.4 is 15.8 Å². The van der Waals surface area contributed by atoms with Crippen molar-refractivity contribution in [2.45, 2.75) is 37.7 Å². The maximum atomic E-state index is 12.5. The second kappa shape index (κ2) is 6.72. The summed E-state index contributed by atoms with van der Waals surface area (Å²) >= 11 is 0. The molecule has 2 aliphatic heterocycles. The van der Waals surface area contributed by atoms with Crippen molar-refractivity contribution in [3.05, 3.63) is 40.3 Å². The summed E-state index contributed by atoms with van der Waals surface area (Å²) in [7, 11) is 0. The fourth-order valence-corrected chi connectivity index (χ4v) is 4.47. The smallest absolute Gasteiger partial charge is 0.251 e. The molecule has 0 aliphatic carbocycles. The largest absolute Gasteiger partial charge is 0.393 e. The first-order valence-electron chi connectivity index (χ1n) is 9.85. The fraction of sp³-hybridized carbons (Fsp3) is 0.450. The summed E-state index contributed by atoms with van der Waals surface area (Å²) in [5.74, 6) is 0.165. The Hall–Kier alpha value is -2.71. The molecule has 28 heavy (non-hydrogen) atoms. The minimum atomic E-state index is -0.585. The standard InChI is InChI=1S/C20H23N5O3/c26-13-6-9-24(18(28)10-13)15-3-1-2-14-19(15)20-22-17(27)11-16(25(20)23-14)12-4-7-21-8-5-12/h1-3,11-13,21,26H,4-10H2,(H,22,27)/t13-/m0/s1. The highest BCUT2D eigenvalue weighted by Gasteiger charge is 2.28. The highest BCUT2D eigenvalue weighted by atomic mass is 16.3. The van der Waals surface area contributed by atoms with Gasteiger partial charge in [-0.2, -0.15) is 5.10 Å². The van der Waals surface area contributed by atoms with Crippen molar-refractivity contribution >= 4 is 28.1 Å². The lowest BCUT2D eigenvalue weighted by Gasteiger charge is -2.29. The molecule has 2 fully saturated rings. The normalized spacial score (nSPS) is 21.7. The van der Waals surface area contributed by atoms with E-state index in [0.29, 0.717) is 18.6 Å². The number of nitrogens with zero attached hydrogens (tertiary/aromatic N) is 3. The number of aromatic amines is 1. The number of benzene rings is 1. The van der Waals surface area contributed by atoms with Crippen LogP contribution in [0.25, 0.3) is 16.6 Å². The molecular weight excluding hydrogens is 358 g/mol. The van der Waals surface area contributed by atoms with Crippen LogP contribution in [0.4, 0.5) is 5.69 Å². The molecule has 5 rings (SSSR count). The minimum Gasteiger partial charge on any atom is -0.393 e. The second-order valence-corrected chi connectivity index (χ2v) is 7.71. The van der Waals surface area contributed by atoms with Crippen LogP contribution in [0, 0.1) is 0 Å². The summed E-state index contributed by atoms with van der Waals surface area (Å²) in [5.41, 5.74) is 2.88. The van der Waals surface area contributed by atoms with Crippen LogP contribution in [0.3, 0.4) is 0 Å². The molecule has 1 aromatic carbocycles.